The van der Waals surface area contributed by atoms with Crippen molar-refractivity contribution in [3.63, 3.8) is 0 Å². The molecule has 2 amide bonds. The fourth-order valence-electron chi connectivity index (χ4n) is 3.13. The summed E-state index contributed by atoms with van der Waals surface area (Å²) in [6, 6.07) is 17.3. The summed E-state index contributed by atoms with van der Waals surface area (Å²) >= 11 is 0. The number of rotatable bonds is 8. The van der Waals surface area contributed by atoms with Crippen molar-refractivity contribution >= 4 is 39.9 Å². The number of carbonyl (C=O) groups is 3. The number of hydrogen-bond donors (Lipinski definition) is 2. The maximum atomic E-state index is 12.7. The first-order valence-electron chi connectivity index (χ1n) is 10.1. The van der Waals surface area contributed by atoms with Crippen LogP contribution in [0.4, 0.5) is 24.5 Å². The van der Waals surface area contributed by atoms with Gasteiger partial charge in [-0.15, -0.1) is 0 Å². The van der Waals surface area contributed by atoms with Gasteiger partial charge in [-0.25, -0.2) is 0 Å². The predicted molar refractivity (Wildman–Crippen MR) is 117 cm³/mol. The van der Waals surface area contributed by atoms with Gasteiger partial charge in [0.05, 0.1) is 5.56 Å². The Bertz CT molecular complexity index is 1160. The zero-order valence-electron chi connectivity index (χ0n) is 17.4. The second kappa shape index (κ2) is 10.6. The number of nitrogens with one attached hydrogen (secondary N) is 2. The number of esters is 1. The summed E-state index contributed by atoms with van der Waals surface area (Å²) in [6.45, 7) is -0.642. The average molecular weight is 458 g/mol. The maximum absolute atomic E-state index is 12.7. The molecule has 0 saturated heterocycles. The highest BCUT2D eigenvalue weighted by Gasteiger charge is 2.30. The van der Waals surface area contributed by atoms with E-state index < -0.39 is 30.2 Å². The zero-order valence-corrected chi connectivity index (χ0v) is 17.4. The van der Waals surface area contributed by atoms with E-state index in [0.717, 1.165) is 29.0 Å². The van der Waals surface area contributed by atoms with Crippen LogP contribution < -0.4 is 10.6 Å². The molecule has 172 valence electrons. The second-order valence-corrected chi connectivity index (χ2v) is 7.22. The van der Waals surface area contributed by atoms with Crippen molar-refractivity contribution in [2.24, 2.45) is 0 Å². The molecule has 33 heavy (non-hydrogen) atoms. The molecule has 3 aromatic rings. The fourth-order valence-corrected chi connectivity index (χ4v) is 3.13. The normalized spacial score (nSPS) is 11.1. The monoisotopic (exact) mass is 458 g/mol. The van der Waals surface area contributed by atoms with Crippen LogP contribution in [0, 0.1) is 0 Å². The predicted octanol–water partition coefficient (Wildman–Crippen LogP) is 5.15. The van der Waals surface area contributed by atoms with Crippen LogP contribution in [0.15, 0.2) is 66.7 Å². The van der Waals surface area contributed by atoms with Gasteiger partial charge in [0.25, 0.3) is 5.91 Å². The Kier molecular flexibility index (Phi) is 7.66. The minimum Gasteiger partial charge on any atom is -0.456 e. The summed E-state index contributed by atoms with van der Waals surface area (Å²) in [4.78, 5) is 35.9. The molecule has 0 bridgehead atoms. The van der Waals surface area contributed by atoms with Gasteiger partial charge in [-0.3, -0.25) is 14.4 Å². The van der Waals surface area contributed by atoms with Crippen LogP contribution in [-0.2, 0) is 25.3 Å². The summed E-state index contributed by atoms with van der Waals surface area (Å²) in [7, 11) is 0. The number of halogens is 3. The van der Waals surface area contributed by atoms with Crippen LogP contribution in [0.3, 0.4) is 0 Å². The van der Waals surface area contributed by atoms with Crippen LogP contribution >= 0.6 is 0 Å². The van der Waals surface area contributed by atoms with E-state index in [1.807, 2.05) is 36.4 Å². The first kappa shape index (κ1) is 23.8. The lowest BCUT2D eigenvalue weighted by molar-refractivity contribution is -0.147. The minimum atomic E-state index is -4.53. The van der Waals surface area contributed by atoms with Gasteiger partial charge < -0.3 is 15.4 Å². The molecule has 0 atom stereocenters. The third-order valence-corrected chi connectivity index (χ3v) is 4.69. The van der Waals surface area contributed by atoms with Gasteiger partial charge in [-0.2, -0.15) is 13.2 Å². The van der Waals surface area contributed by atoms with Crippen molar-refractivity contribution in [2.45, 2.75) is 25.4 Å². The summed E-state index contributed by atoms with van der Waals surface area (Å²) < 4.78 is 43.0. The van der Waals surface area contributed by atoms with Gasteiger partial charge in [-0.05, 0) is 36.1 Å². The van der Waals surface area contributed by atoms with Gasteiger partial charge in [0.15, 0.2) is 6.61 Å². The van der Waals surface area contributed by atoms with Gasteiger partial charge in [-0.1, -0.05) is 42.5 Å². The van der Waals surface area contributed by atoms with E-state index >= 15 is 0 Å². The highest BCUT2D eigenvalue weighted by atomic mass is 19.4. The Morgan fingerprint density at radius 1 is 0.818 bits per heavy atom. The third-order valence-electron chi connectivity index (χ3n) is 4.69. The van der Waals surface area contributed by atoms with Crippen LogP contribution in [0.1, 0.15) is 24.8 Å². The Hall–Kier alpha value is -3.88. The summed E-state index contributed by atoms with van der Waals surface area (Å²) in [5.41, 5.74) is -0.290. The van der Waals surface area contributed by atoms with Gasteiger partial charge >= 0.3 is 12.1 Å². The summed E-state index contributed by atoms with van der Waals surface area (Å²) in [6.07, 6.45) is -4.33. The smallest absolute Gasteiger partial charge is 0.416 e. The molecular weight excluding hydrogens is 437 g/mol. The Morgan fingerprint density at radius 2 is 1.55 bits per heavy atom. The molecule has 0 fully saturated rings. The topological polar surface area (TPSA) is 84.5 Å². The Morgan fingerprint density at radius 3 is 2.33 bits per heavy atom. The zero-order chi connectivity index (χ0) is 23.8. The lowest BCUT2D eigenvalue weighted by atomic mass is 10.1. The van der Waals surface area contributed by atoms with E-state index in [1.54, 1.807) is 6.07 Å². The second-order valence-electron chi connectivity index (χ2n) is 7.22. The van der Waals surface area contributed by atoms with E-state index in [4.69, 9.17) is 4.74 Å². The lowest BCUT2D eigenvalue weighted by Gasteiger charge is -2.10. The number of benzene rings is 3. The largest absolute Gasteiger partial charge is 0.456 e. The number of amides is 2. The molecule has 3 aromatic carbocycles. The number of anilines is 2. The van der Waals surface area contributed by atoms with Crippen LogP contribution in [-0.4, -0.2) is 24.4 Å². The molecule has 0 aliphatic rings. The molecule has 0 aromatic heterocycles. The van der Waals surface area contributed by atoms with E-state index in [1.165, 1.54) is 6.07 Å². The van der Waals surface area contributed by atoms with E-state index in [0.29, 0.717) is 5.69 Å². The molecule has 0 heterocycles. The number of carbonyl (C=O) groups excluding carboxylic acids is 3. The van der Waals surface area contributed by atoms with Crippen molar-refractivity contribution in [1.82, 2.24) is 0 Å². The fraction of sp³-hybridized carbons (Fsp3) is 0.208. The molecule has 0 aliphatic heterocycles. The highest BCUT2D eigenvalue weighted by molar-refractivity contribution is 6.02. The molecule has 0 spiro atoms. The van der Waals surface area contributed by atoms with E-state index in [9.17, 15) is 27.6 Å². The van der Waals surface area contributed by atoms with Gasteiger partial charge in [0.2, 0.25) is 5.91 Å². The average Bonchev–Trinajstić information content (AvgIpc) is 2.77. The molecule has 0 unspecified atom stereocenters. The van der Waals surface area contributed by atoms with E-state index in [-0.39, 0.29) is 30.9 Å². The molecule has 9 heteroatoms. The Labute approximate surface area is 187 Å². The molecule has 0 aliphatic carbocycles. The van der Waals surface area contributed by atoms with Crippen molar-refractivity contribution < 1.29 is 32.3 Å². The van der Waals surface area contributed by atoms with E-state index in [2.05, 4.69) is 10.6 Å². The first-order chi connectivity index (χ1) is 15.7. The summed E-state index contributed by atoms with van der Waals surface area (Å²) in [5.74, 6) is -1.72. The summed E-state index contributed by atoms with van der Waals surface area (Å²) in [5, 5.41) is 6.95. The standard InChI is InChI=1S/C24H21F3N2O4/c25-24(26,27)17-8-4-9-18(14-17)28-22(31)15-33-23(32)13-5-12-21(30)29-20-11-3-7-16-6-1-2-10-19(16)20/h1-4,6-11,14H,5,12-13,15H2,(H,28,31)(H,29,30). The van der Waals surface area contributed by atoms with Crippen LogP contribution in [0.2, 0.25) is 0 Å². The number of hydrogen-bond acceptors (Lipinski definition) is 4. The third kappa shape index (κ3) is 7.06. The number of alkyl halides is 3. The maximum Gasteiger partial charge on any atom is 0.416 e. The van der Waals surface area contributed by atoms with Gasteiger partial charge in [0, 0.05) is 29.6 Å². The molecular formula is C24H21F3N2O4. The SMILES string of the molecule is O=C(COC(=O)CCCC(=O)Nc1cccc2ccccc12)Nc1cccc(C(F)(F)F)c1. The lowest BCUT2D eigenvalue weighted by Crippen LogP contribution is -2.21. The molecule has 6 nitrogen and oxygen atoms in total. The minimum absolute atomic E-state index is 0.0593. The van der Waals surface area contributed by atoms with Crippen molar-refractivity contribution in [3.8, 4) is 0 Å². The first-order valence-corrected chi connectivity index (χ1v) is 10.1. The van der Waals surface area contributed by atoms with Crippen LogP contribution in [0.5, 0.6) is 0 Å². The molecule has 2 N–H and O–H groups in total. The quantitative estimate of drug-likeness (QED) is 0.458. The molecule has 0 saturated carbocycles. The van der Waals surface area contributed by atoms with Crippen molar-refractivity contribution in [3.05, 3.63) is 72.3 Å². The molecule has 3 rings (SSSR count). The highest BCUT2D eigenvalue weighted by Crippen LogP contribution is 2.30. The van der Waals surface area contributed by atoms with Gasteiger partial charge in [0.1, 0.15) is 0 Å². The van der Waals surface area contributed by atoms with Crippen LogP contribution in [0.25, 0.3) is 10.8 Å². The Balaban J connectivity index is 1.39. The number of ether oxygens (including phenoxy) is 1. The number of fused-ring (bicyclic) bond motifs is 1. The van der Waals surface area contributed by atoms with Crippen molar-refractivity contribution in [2.75, 3.05) is 17.2 Å². The molecule has 0 radical (unpaired) electrons. The van der Waals surface area contributed by atoms with Crippen molar-refractivity contribution in [1.29, 1.82) is 0 Å².